The zero-order chi connectivity index (χ0) is 15.4. The zero-order valence-electron chi connectivity index (χ0n) is 13.8. The van der Waals surface area contributed by atoms with Crippen LogP contribution in [0.25, 0.3) is 0 Å². The molecule has 2 aliphatic rings. The van der Waals surface area contributed by atoms with Gasteiger partial charge >= 0.3 is 0 Å². The number of rotatable bonds is 4. The first-order chi connectivity index (χ1) is 10.7. The molecule has 1 aromatic rings. The minimum absolute atomic E-state index is 0. The summed E-state index contributed by atoms with van der Waals surface area (Å²) in [4.78, 5) is 14.8. The number of aryl methyl sites for hydroxylation is 1. The highest BCUT2D eigenvalue weighted by Gasteiger charge is 2.30. The summed E-state index contributed by atoms with van der Waals surface area (Å²) in [5, 5.41) is 3.48. The first-order valence-corrected chi connectivity index (χ1v) is 9.54. The van der Waals surface area contributed by atoms with E-state index >= 15 is 0 Å². The molecular formula is C18H27ClN2OS. The quantitative estimate of drug-likeness (QED) is 0.902. The molecule has 2 unspecified atom stereocenters. The highest BCUT2D eigenvalue weighted by atomic mass is 35.5. The van der Waals surface area contributed by atoms with Crippen molar-refractivity contribution in [2.75, 3.05) is 24.6 Å². The highest BCUT2D eigenvalue weighted by molar-refractivity contribution is 7.99. The smallest absolute Gasteiger partial charge is 0.224 e. The van der Waals surface area contributed by atoms with Gasteiger partial charge in [-0.05, 0) is 31.7 Å². The number of carbonyl (C=O) groups excluding carboxylic acids is 1. The molecule has 1 N–H and O–H groups in total. The molecule has 23 heavy (non-hydrogen) atoms. The lowest BCUT2D eigenvalue weighted by atomic mass is 10.0. The van der Waals surface area contributed by atoms with Crippen LogP contribution >= 0.6 is 24.2 Å². The molecule has 128 valence electrons. The molecule has 5 heteroatoms. The minimum Gasteiger partial charge on any atom is -0.339 e. The van der Waals surface area contributed by atoms with Crippen molar-refractivity contribution in [1.82, 2.24) is 10.2 Å². The Hall–Kier alpha value is -0.710. The average Bonchev–Trinajstić information content (AvgIpc) is 2.99. The molecular weight excluding hydrogens is 328 g/mol. The van der Waals surface area contributed by atoms with Crippen LogP contribution in [0, 0.1) is 6.92 Å². The van der Waals surface area contributed by atoms with E-state index < -0.39 is 0 Å². The molecule has 2 fully saturated rings. The van der Waals surface area contributed by atoms with Gasteiger partial charge in [-0.1, -0.05) is 29.8 Å². The maximum atomic E-state index is 12.6. The number of thioether (sulfide) groups is 1. The summed E-state index contributed by atoms with van der Waals surface area (Å²) in [7, 11) is 0. The van der Waals surface area contributed by atoms with Crippen LogP contribution in [0.5, 0.6) is 0 Å². The summed E-state index contributed by atoms with van der Waals surface area (Å²) in [6.45, 7) is 4.09. The third-order valence-corrected chi connectivity index (χ3v) is 5.84. The second-order valence-corrected chi connectivity index (χ2v) is 7.65. The van der Waals surface area contributed by atoms with E-state index in [9.17, 15) is 4.79 Å². The van der Waals surface area contributed by atoms with Gasteiger partial charge in [0.05, 0.1) is 0 Å². The number of halogens is 1. The highest BCUT2D eigenvalue weighted by Crippen LogP contribution is 2.23. The molecule has 1 amide bonds. The molecule has 2 saturated heterocycles. The maximum Gasteiger partial charge on any atom is 0.224 e. The molecule has 2 heterocycles. The Morgan fingerprint density at radius 3 is 2.83 bits per heavy atom. The van der Waals surface area contributed by atoms with Crippen molar-refractivity contribution in [2.45, 2.75) is 44.7 Å². The van der Waals surface area contributed by atoms with E-state index in [2.05, 4.69) is 41.4 Å². The van der Waals surface area contributed by atoms with Crippen LogP contribution in [0.2, 0.25) is 0 Å². The van der Waals surface area contributed by atoms with E-state index in [4.69, 9.17) is 0 Å². The van der Waals surface area contributed by atoms with Crippen molar-refractivity contribution in [2.24, 2.45) is 0 Å². The number of carbonyl (C=O) groups is 1. The molecule has 3 rings (SSSR count). The third-order valence-electron chi connectivity index (χ3n) is 4.71. The first kappa shape index (κ1) is 18.6. The minimum atomic E-state index is 0. The SMILES string of the molecule is Cc1ccc(CC2CCCN2C(=O)CC2CSCCN2)cc1.Cl. The molecule has 0 aliphatic carbocycles. The first-order valence-electron chi connectivity index (χ1n) is 8.38. The Balaban J connectivity index is 0.00000192. The molecule has 0 spiro atoms. The Kier molecular flexibility index (Phi) is 7.25. The van der Waals surface area contributed by atoms with Gasteiger partial charge in [0.1, 0.15) is 0 Å². The van der Waals surface area contributed by atoms with Gasteiger partial charge < -0.3 is 10.2 Å². The van der Waals surface area contributed by atoms with Gasteiger partial charge in [-0.3, -0.25) is 4.79 Å². The normalized spacial score (nSPS) is 24.3. The van der Waals surface area contributed by atoms with Crippen LogP contribution in [0.4, 0.5) is 0 Å². The predicted molar refractivity (Wildman–Crippen MR) is 101 cm³/mol. The molecule has 0 aromatic heterocycles. The standard InChI is InChI=1S/C18H26N2OS.ClH/c1-14-4-6-15(7-5-14)11-17-3-2-9-20(17)18(21)12-16-13-22-10-8-19-16;/h4-7,16-17,19H,2-3,8-13H2,1H3;1H. The van der Waals surface area contributed by atoms with Crippen LogP contribution in [-0.4, -0.2) is 47.5 Å². The summed E-state index contributed by atoms with van der Waals surface area (Å²) in [5.41, 5.74) is 2.64. The maximum absolute atomic E-state index is 12.6. The Morgan fingerprint density at radius 1 is 1.35 bits per heavy atom. The van der Waals surface area contributed by atoms with E-state index in [0.29, 0.717) is 24.4 Å². The van der Waals surface area contributed by atoms with Crippen LogP contribution in [0.1, 0.15) is 30.4 Å². The van der Waals surface area contributed by atoms with Crippen LogP contribution in [0.15, 0.2) is 24.3 Å². The van der Waals surface area contributed by atoms with Crippen molar-refractivity contribution in [3.05, 3.63) is 35.4 Å². The molecule has 0 saturated carbocycles. The predicted octanol–water partition coefficient (Wildman–Crippen LogP) is 3.05. The Labute approximate surface area is 150 Å². The third kappa shape index (κ3) is 5.13. The number of likely N-dealkylation sites (tertiary alicyclic amines) is 1. The van der Waals surface area contributed by atoms with Crippen molar-refractivity contribution < 1.29 is 4.79 Å². The van der Waals surface area contributed by atoms with Crippen molar-refractivity contribution in [3.8, 4) is 0 Å². The number of hydrogen-bond acceptors (Lipinski definition) is 3. The summed E-state index contributed by atoms with van der Waals surface area (Å²) in [6.07, 6.45) is 3.96. The van der Waals surface area contributed by atoms with E-state index in [1.807, 2.05) is 11.8 Å². The lowest BCUT2D eigenvalue weighted by Gasteiger charge is -2.29. The van der Waals surface area contributed by atoms with E-state index in [-0.39, 0.29) is 12.4 Å². The fraction of sp³-hybridized carbons (Fsp3) is 0.611. The van der Waals surface area contributed by atoms with Gasteiger partial charge in [0.15, 0.2) is 0 Å². The molecule has 1 aromatic carbocycles. The monoisotopic (exact) mass is 354 g/mol. The number of nitrogens with one attached hydrogen (secondary N) is 1. The molecule has 0 radical (unpaired) electrons. The Bertz CT molecular complexity index is 502. The summed E-state index contributed by atoms with van der Waals surface area (Å²) in [6, 6.07) is 9.50. The van der Waals surface area contributed by atoms with Gasteiger partial charge in [-0.15, -0.1) is 12.4 Å². The summed E-state index contributed by atoms with van der Waals surface area (Å²) < 4.78 is 0. The van der Waals surface area contributed by atoms with Crippen LogP contribution in [-0.2, 0) is 11.2 Å². The van der Waals surface area contributed by atoms with Gasteiger partial charge in [0.2, 0.25) is 5.91 Å². The van der Waals surface area contributed by atoms with E-state index in [1.54, 1.807) is 0 Å². The van der Waals surface area contributed by atoms with E-state index in [0.717, 1.165) is 38.1 Å². The number of amides is 1. The second kappa shape index (κ2) is 8.95. The van der Waals surface area contributed by atoms with Gasteiger partial charge in [0.25, 0.3) is 0 Å². The molecule has 0 bridgehead atoms. The van der Waals surface area contributed by atoms with Gasteiger partial charge in [-0.2, -0.15) is 11.8 Å². The zero-order valence-corrected chi connectivity index (χ0v) is 15.4. The lowest BCUT2D eigenvalue weighted by Crippen LogP contribution is -2.44. The number of benzene rings is 1. The Morgan fingerprint density at radius 2 is 2.13 bits per heavy atom. The van der Waals surface area contributed by atoms with Crippen molar-refractivity contribution >= 4 is 30.1 Å². The average molecular weight is 355 g/mol. The fourth-order valence-corrected chi connectivity index (χ4v) is 4.40. The largest absolute Gasteiger partial charge is 0.339 e. The van der Waals surface area contributed by atoms with Crippen molar-refractivity contribution in [3.63, 3.8) is 0 Å². The topological polar surface area (TPSA) is 32.3 Å². The van der Waals surface area contributed by atoms with E-state index in [1.165, 1.54) is 16.9 Å². The number of nitrogens with zero attached hydrogens (tertiary/aromatic N) is 1. The summed E-state index contributed by atoms with van der Waals surface area (Å²) in [5.74, 6) is 2.58. The molecule has 3 nitrogen and oxygen atoms in total. The second-order valence-electron chi connectivity index (χ2n) is 6.50. The molecule has 2 aliphatic heterocycles. The van der Waals surface area contributed by atoms with Gasteiger partial charge in [0, 0.05) is 43.1 Å². The molecule has 2 atom stereocenters. The fourth-order valence-electron chi connectivity index (χ4n) is 3.45. The summed E-state index contributed by atoms with van der Waals surface area (Å²) >= 11 is 1.96. The lowest BCUT2D eigenvalue weighted by molar-refractivity contribution is -0.132. The number of hydrogen-bond donors (Lipinski definition) is 1. The van der Waals surface area contributed by atoms with Crippen LogP contribution < -0.4 is 5.32 Å². The van der Waals surface area contributed by atoms with Gasteiger partial charge in [-0.25, -0.2) is 0 Å². The van der Waals surface area contributed by atoms with Crippen LogP contribution in [0.3, 0.4) is 0 Å². The van der Waals surface area contributed by atoms with Crippen molar-refractivity contribution in [1.29, 1.82) is 0 Å².